The lowest BCUT2D eigenvalue weighted by atomic mass is 10.6. The Bertz CT molecular complexity index is 167. The maximum absolute atomic E-state index is 8.25. The van der Waals surface area contributed by atoms with Crippen molar-refractivity contribution in [3.8, 4) is 0 Å². The molecular formula is C3H10N6O3. The predicted octanol–water partition coefficient (Wildman–Crippen LogP) is -1.92. The lowest BCUT2D eigenvalue weighted by Gasteiger charge is -2.09. The van der Waals surface area contributed by atoms with Crippen molar-refractivity contribution in [3.05, 3.63) is 15.3 Å². The summed E-state index contributed by atoms with van der Waals surface area (Å²) in [6, 6.07) is 0. The number of nitrogens with one attached hydrogen (secondary N) is 1. The van der Waals surface area contributed by atoms with E-state index in [1.165, 1.54) is 0 Å². The fraction of sp³-hybridized carbons (Fsp3) is 1.00. The van der Waals surface area contributed by atoms with Crippen LogP contribution in [0.2, 0.25) is 0 Å². The van der Waals surface area contributed by atoms with Crippen molar-refractivity contribution >= 4 is 0 Å². The molecule has 0 bridgehead atoms. The molecule has 9 heteroatoms. The van der Waals surface area contributed by atoms with Crippen LogP contribution in [0.15, 0.2) is 10.4 Å². The van der Waals surface area contributed by atoms with Crippen LogP contribution >= 0.6 is 0 Å². The van der Waals surface area contributed by atoms with Gasteiger partial charge in [0.25, 0.3) is 0 Å². The number of rotatable bonds is 0. The average Bonchev–Trinajstić information content (AvgIpc) is 2.19. The number of nitrogens with two attached hydrogens (primary N) is 1. The minimum Gasteiger partial charge on any atom is -0.356 e. The smallest absolute Gasteiger partial charge is 0.220 e. The van der Waals surface area contributed by atoms with E-state index >= 15 is 0 Å². The second kappa shape index (κ2) is 4.41. The standard InChI is InChI=1S/C3H9N5.NO3/c1-3-7(2)5-6-8(3)4;2-1(3)4/h3H,4H2,1-2H3;/q;-1/p+1. The van der Waals surface area contributed by atoms with Crippen LogP contribution in [0.25, 0.3) is 0 Å². The Morgan fingerprint density at radius 2 is 2.08 bits per heavy atom. The van der Waals surface area contributed by atoms with E-state index in [2.05, 4.69) is 10.4 Å². The van der Waals surface area contributed by atoms with Crippen LogP contribution in [0.5, 0.6) is 0 Å². The van der Waals surface area contributed by atoms with Gasteiger partial charge in [0.15, 0.2) is 0 Å². The van der Waals surface area contributed by atoms with Crippen molar-refractivity contribution in [2.45, 2.75) is 13.1 Å². The molecule has 0 amide bonds. The highest BCUT2D eigenvalue weighted by Gasteiger charge is 2.23. The molecule has 1 rings (SSSR count). The van der Waals surface area contributed by atoms with Gasteiger partial charge in [-0.1, -0.05) is 5.12 Å². The van der Waals surface area contributed by atoms with E-state index in [9.17, 15) is 0 Å². The second-order valence-electron chi connectivity index (χ2n) is 2.09. The van der Waals surface area contributed by atoms with Gasteiger partial charge in [-0.15, -0.1) is 0 Å². The Morgan fingerprint density at radius 1 is 1.67 bits per heavy atom. The van der Waals surface area contributed by atoms with Gasteiger partial charge in [-0.3, -0.25) is 0 Å². The maximum atomic E-state index is 8.25. The SMILES string of the molecule is CC1N(C)N=N[NH+]1N.O=[N+]([O-])[O-]. The van der Waals surface area contributed by atoms with Crippen LogP contribution in [0.1, 0.15) is 6.92 Å². The highest BCUT2D eigenvalue weighted by atomic mass is 16.9. The van der Waals surface area contributed by atoms with E-state index in [-0.39, 0.29) is 6.17 Å². The van der Waals surface area contributed by atoms with Gasteiger partial charge in [0.05, 0.1) is 10.3 Å². The molecule has 2 unspecified atom stereocenters. The summed E-state index contributed by atoms with van der Waals surface area (Å²) in [7, 11) is 1.84. The number of quaternary nitrogens is 1. The summed E-state index contributed by atoms with van der Waals surface area (Å²) in [5, 5.41) is 24.4. The topological polar surface area (TPSA) is 125 Å². The Kier molecular flexibility index (Phi) is 3.86. The molecule has 2 atom stereocenters. The molecule has 9 nitrogen and oxygen atoms in total. The number of nitrogens with zero attached hydrogens (tertiary/aromatic N) is 4. The van der Waals surface area contributed by atoms with Gasteiger partial charge >= 0.3 is 0 Å². The summed E-state index contributed by atoms with van der Waals surface area (Å²) in [5.41, 5.74) is 0. The molecule has 0 saturated carbocycles. The first kappa shape index (κ1) is 10.5. The average molecular weight is 178 g/mol. The zero-order valence-corrected chi connectivity index (χ0v) is 6.67. The van der Waals surface area contributed by atoms with Gasteiger partial charge in [0, 0.05) is 14.0 Å². The minimum atomic E-state index is -1.75. The Morgan fingerprint density at radius 3 is 2.17 bits per heavy atom. The minimum absolute atomic E-state index is 0.176. The van der Waals surface area contributed by atoms with E-state index in [1.54, 1.807) is 5.01 Å². The van der Waals surface area contributed by atoms with Gasteiger partial charge in [-0.05, 0) is 5.22 Å². The molecule has 0 fully saturated rings. The lowest BCUT2D eigenvalue weighted by Crippen LogP contribution is -3.16. The van der Waals surface area contributed by atoms with Crippen molar-refractivity contribution in [2.24, 2.45) is 16.3 Å². The molecule has 70 valence electrons. The second-order valence-corrected chi connectivity index (χ2v) is 2.09. The third-order valence-electron chi connectivity index (χ3n) is 1.29. The van der Waals surface area contributed by atoms with E-state index in [4.69, 9.17) is 21.2 Å². The van der Waals surface area contributed by atoms with Crippen molar-refractivity contribution < 1.29 is 10.2 Å². The molecule has 1 aliphatic heterocycles. The highest BCUT2D eigenvalue weighted by molar-refractivity contribution is 4.40. The van der Waals surface area contributed by atoms with Crippen LogP contribution in [-0.4, -0.2) is 23.3 Å². The zero-order chi connectivity index (χ0) is 9.72. The maximum Gasteiger partial charge on any atom is 0.220 e. The van der Waals surface area contributed by atoms with E-state index in [0.717, 1.165) is 0 Å². The van der Waals surface area contributed by atoms with Gasteiger partial charge in [-0.2, -0.15) is 5.84 Å². The molecule has 3 N–H and O–H groups in total. The van der Waals surface area contributed by atoms with Crippen molar-refractivity contribution in [3.63, 3.8) is 0 Å². The third-order valence-corrected chi connectivity index (χ3v) is 1.29. The summed E-state index contributed by atoms with van der Waals surface area (Å²) in [6.45, 7) is 1.95. The Labute approximate surface area is 68.1 Å². The molecule has 0 aromatic heterocycles. The van der Waals surface area contributed by atoms with Crippen molar-refractivity contribution in [1.82, 2.24) is 5.01 Å². The van der Waals surface area contributed by atoms with Crippen LogP contribution in [-0.2, 0) is 0 Å². The van der Waals surface area contributed by atoms with E-state index in [0.29, 0.717) is 5.12 Å². The van der Waals surface area contributed by atoms with Crippen molar-refractivity contribution in [2.75, 3.05) is 7.05 Å². The summed E-state index contributed by atoms with van der Waals surface area (Å²) >= 11 is 0. The molecule has 0 aromatic rings. The molecule has 0 aromatic carbocycles. The van der Waals surface area contributed by atoms with Gasteiger partial charge in [0.2, 0.25) is 6.17 Å². The highest BCUT2D eigenvalue weighted by Crippen LogP contribution is 1.91. The lowest BCUT2D eigenvalue weighted by molar-refractivity contribution is -0.944. The molecule has 0 aliphatic carbocycles. The van der Waals surface area contributed by atoms with Crippen LogP contribution < -0.4 is 11.0 Å². The summed E-state index contributed by atoms with van der Waals surface area (Å²) < 4.78 is 0. The number of hydrogen-bond acceptors (Lipinski definition) is 7. The largest absolute Gasteiger partial charge is 0.356 e. The van der Waals surface area contributed by atoms with Gasteiger partial charge in [0.1, 0.15) is 0 Å². The monoisotopic (exact) mass is 178 g/mol. The van der Waals surface area contributed by atoms with Crippen LogP contribution in [0.3, 0.4) is 0 Å². The van der Waals surface area contributed by atoms with E-state index in [1.807, 2.05) is 14.0 Å². The van der Waals surface area contributed by atoms with Crippen LogP contribution in [0, 0.1) is 15.3 Å². The van der Waals surface area contributed by atoms with Gasteiger partial charge < -0.3 is 15.3 Å². The molecule has 0 saturated heterocycles. The van der Waals surface area contributed by atoms with E-state index < -0.39 is 5.09 Å². The normalized spacial score (nSPS) is 26.4. The Balaban J connectivity index is 0.000000261. The zero-order valence-electron chi connectivity index (χ0n) is 6.67. The summed E-state index contributed by atoms with van der Waals surface area (Å²) in [4.78, 5) is 8.25. The predicted molar refractivity (Wildman–Crippen MR) is 37.6 cm³/mol. The molecular weight excluding hydrogens is 168 g/mol. The first-order valence-electron chi connectivity index (χ1n) is 3.03. The fourth-order valence-corrected chi connectivity index (χ4v) is 0.475. The van der Waals surface area contributed by atoms with Crippen LogP contribution in [0.4, 0.5) is 0 Å². The first-order chi connectivity index (χ1) is 5.45. The number of hydrogen-bond donors (Lipinski definition) is 2. The molecule has 0 spiro atoms. The first-order valence-corrected chi connectivity index (χ1v) is 3.03. The summed E-state index contributed by atoms with van der Waals surface area (Å²) in [6.07, 6.45) is 0.176. The molecule has 0 radical (unpaired) electrons. The molecule has 12 heavy (non-hydrogen) atoms. The summed E-state index contributed by atoms with van der Waals surface area (Å²) in [5.74, 6) is 5.38. The fourth-order valence-electron chi connectivity index (χ4n) is 0.475. The Hall–Kier alpha value is -1.48. The van der Waals surface area contributed by atoms with Crippen molar-refractivity contribution in [1.29, 1.82) is 0 Å². The molecule has 1 aliphatic rings. The molecule has 1 heterocycles. The van der Waals surface area contributed by atoms with Gasteiger partial charge in [-0.25, -0.2) is 5.01 Å². The quantitative estimate of drug-likeness (QED) is 0.254. The third kappa shape index (κ3) is 3.63.